The van der Waals surface area contributed by atoms with Crippen molar-refractivity contribution in [3.8, 4) is 0 Å². The Morgan fingerprint density at radius 2 is 1.77 bits per heavy atom. The van der Waals surface area contributed by atoms with E-state index < -0.39 is 22.6 Å². The molecule has 2 heterocycles. The number of nitro groups is 1. The third-order valence-corrected chi connectivity index (χ3v) is 5.03. The summed E-state index contributed by atoms with van der Waals surface area (Å²) in [6.07, 6.45) is -1.19. The van der Waals surface area contributed by atoms with Crippen LogP contribution >= 0.6 is 0 Å². The highest BCUT2D eigenvalue weighted by Gasteiger charge is 2.31. The number of esters is 1. The van der Waals surface area contributed by atoms with Crippen LogP contribution in [0, 0.1) is 10.1 Å². The first-order chi connectivity index (χ1) is 14.7. The standard InChI is InChI=1S/C21H16F3N3O4/c22-21(23,24)15-6-4-14(5-7-15)19-25-16(20(28)31-19)11-13-3-8-17(18(12-13)27(29)30)26-9-1-2-10-26/h3-8,11-12H,1-2,9-10H2/b16-11-. The van der Waals surface area contributed by atoms with Gasteiger partial charge in [0.15, 0.2) is 5.70 Å². The van der Waals surface area contributed by atoms with Gasteiger partial charge in [-0.25, -0.2) is 9.79 Å². The molecule has 0 atom stereocenters. The molecule has 0 saturated carbocycles. The normalized spacial score (nSPS) is 17.8. The highest BCUT2D eigenvalue weighted by atomic mass is 19.4. The quantitative estimate of drug-likeness (QED) is 0.307. The highest BCUT2D eigenvalue weighted by molar-refractivity contribution is 6.12. The molecular weight excluding hydrogens is 415 g/mol. The molecular formula is C21H16F3N3O4. The van der Waals surface area contributed by atoms with Gasteiger partial charge in [-0.2, -0.15) is 13.2 Å². The van der Waals surface area contributed by atoms with E-state index >= 15 is 0 Å². The maximum absolute atomic E-state index is 12.7. The van der Waals surface area contributed by atoms with Crippen molar-refractivity contribution >= 4 is 29.3 Å². The molecule has 2 aliphatic rings. The fourth-order valence-corrected chi connectivity index (χ4v) is 3.49. The summed E-state index contributed by atoms with van der Waals surface area (Å²) in [5.41, 5.74) is 0.113. The minimum atomic E-state index is -4.48. The van der Waals surface area contributed by atoms with E-state index in [2.05, 4.69) is 4.99 Å². The lowest BCUT2D eigenvalue weighted by atomic mass is 10.1. The number of carbonyl (C=O) groups is 1. The van der Waals surface area contributed by atoms with Crippen molar-refractivity contribution < 1.29 is 27.6 Å². The second-order valence-corrected chi connectivity index (χ2v) is 7.11. The zero-order valence-electron chi connectivity index (χ0n) is 16.1. The smallest absolute Gasteiger partial charge is 0.402 e. The SMILES string of the molecule is O=C1OC(c2ccc(C(F)(F)F)cc2)=N/C1=C\c1ccc(N2CCCC2)c([N+](=O)[O-])c1. The molecule has 2 aromatic carbocycles. The number of hydrogen-bond donors (Lipinski definition) is 0. The van der Waals surface area contributed by atoms with Gasteiger partial charge in [0.25, 0.3) is 5.69 Å². The Labute approximate surface area is 174 Å². The van der Waals surface area contributed by atoms with Gasteiger partial charge in [0.05, 0.1) is 10.5 Å². The van der Waals surface area contributed by atoms with E-state index in [0.717, 1.165) is 50.2 Å². The van der Waals surface area contributed by atoms with Crippen LogP contribution in [0.25, 0.3) is 6.08 Å². The van der Waals surface area contributed by atoms with E-state index in [1.54, 1.807) is 12.1 Å². The summed E-state index contributed by atoms with van der Waals surface area (Å²) in [4.78, 5) is 29.2. The van der Waals surface area contributed by atoms with E-state index in [1.165, 1.54) is 12.1 Å². The Morgan fingerprint density at radius 3 is 2.39 bits per heavy atom. The number of ether oxygens (including phenoxy) is 1. The molecule has 0 bridgehead atoms. The second kappa shape index (κ2) is 7.86. The number of rotatable bonds is 4. The Hall–Kier alpha value is -3.69. The highest BCUT2D eigenvalue weighted by Crippen LogP contribution is 2.33. The third kappa shape index (κ3) is 4.27. The van der Waals surface area contributed by atoms with Crippen LogP contribution in [-0.4, -0.2) is 29.9 Å². The predicted octanol–water partition coefficient (Wildman–Crippen LogP) is 4.56. The number of nitrogens with zero attached hydrogens (tertiary/aromatic N) is 3. The van der Waals surface area contributed by atoms with Crippen molar-refractivity contribution in [3.05, 3.63) is 75.0 Å². The maximum Gasteiger partial charge on any atom is 0.416 e. The van der Waals surface area contributed by atoms with Crippen molar-refractivity contribution in [1.29, 1.82) is 0 Å². The maximum atomic E-state index is 12.7. The summed E-state index contributed by atoms with van der Waals surface area (Å²) >= 11 is 0. The molecule has 160 valence electrons. The van der Waals surface area contributed by atoms with Crippen molar-refractivity contribution in [2.24, 2.45) is 4.99 Å². The van der Waals surface area contributed by atoms with Gasteiger partial charge in [-0.3, -0.25) is 10.1 Å². The number of aliphatic imine (C=N–C) groups is 1. The third-order valence-electron chi connectivity index (χ3n) is 5.03. The lowest BCUT2D eigenvalue weighted by molar-refractivity contribution is -0.384. The van der Waals surface area contributed by atoms with E-state index in [-0.39, 0.29) is 22.8 Å². The number of cyclic esters (lactones) is 1. The molecule has 0 spiro atoms. The molecule has 1 fully saturated rings. The molecule has 31 heavy (non-hydrogen) atoms. The van der Waals surface area contributed by atoms with E-state index in [9.17, 15) is 28.1 Å². The molecule has 1 saturated heterocycles. The van der Waals surface area contributed by atoms with Gasteiger partial charge in [-0.15, -0.1) is 0 Å². The van der Waals surface area contributed by atoms with Gasteiger partial charge in [0, 0.05) is 24.7 Å². The van der Waals surface area contributed by atoms with Gasteiger partial charge in [-0.05, 0) is 54.8 Å². The van der Waals surface area contributed by atoms with Gasteiger partial charge < -0.3 is 9.64 Å². The topological polar surface area (TPSA) is 85.0 Å². The van der Waals surface area contributed by atoms with E-state index in [0.29, 0.717) is 11.3 Å². The summed E-state index contributed by atoms with van der Waals surface area (Å²) < 4.78 is 43.2. The number of nitro benzene ring substituents is 1. The van der Waals surface area contributed by atoms with Crippen LogP contribution in [0.2, 0.25) is 0 Å². The van der Waals surface area contributed by atoms with Crippen LogP contribution in [0.1, 0.15) is 29.5 Å². The Balaban J connectivity index is 1.62. The van der Waals surface area contributed by atoms with E-state index in [4.69, 9.17) is 4.74 Å². The first kappa shape index (κ1) is 20.6. The number of hydrogen-bond acceptors (Lipinski definition) is 6. The Kier molecular flexibility index (Phi) is 5.22. The van der Waals surface area contributed by atoms with Gasteiger partial charge in [0.2, 0.25) is 5.90 Å². The summed E-state index contributed by atoms with van der Waals surface area (Å²) in [7, 11) is 0. The molecule has 0 radical (unpaired) electrons. The Morgan fingerprint density at radius 1 is 1.10 bits per heavy atom. The molecule has 4 rings (SSSR count). The number of halogens is 3. The predicted molar refractivity (Wildman–Crippen MR) is 107 cm³/mol. The van der Waals surface area contributed by atoms with Crippen LogP contribution in [0.3, 0.4) is 0 Å². The van der Waals surface area contributed by atoms with Crippen LogP contribution in [-0.2, 0) is 15.7 Å². The zero-order valence-corrected chi connectivity index (χ0v) is 16.1. The van der Waals surface area contributed by atoms with Crippen LogP contribution in [0.5, 0.6) is 0 Å². The van der Waals surface area contributed by atoms with Crippen LogP contribution in [0.15, 0.2) is 53.2 Å². The summed E-state index contributed by atoms with van der Waals surface area (Å²) in [6, 6.07) is 8.70. The molecule has 2 aromatic rings. The molecule has 0 unspecified atom stereocenters. The first-order valence-corrected chi connectivity index (χ1v) is 9.46. The fourth-order valence-electron chi connectivity index (χ4n) is 3.49. The molecule has 0 aromatic heterocycles. The van der Waals surface area contributed by atoms with Crippen molar-refractivity contribution in [2.75, 3.05) is 18.0 Å². The van der Waals surface area contributed by atoms with Gasteiger partial charge in [0.1, 0.15) is 5.69 Å². The summed E-state index contributed by atoms with van der Waals surface area (Å²) in [6.45, 7) is 1.49. The van der Waals surface area contributed by atoms with Crippen LogP contribution in [0.4, 0.5) is 24.5 Å². The average Bonchev–Trinajstić information content (AvgIpc) is 3.38. The van der Waals surface area contributed by atoms with Gasteiger partial charge in [-0.1, -0.05) is 6.07 Å². The fraction of sp³-hybridized carbons (Fsp3) is 0.238. The largest absolute Gasteiger partial charge is 0.416 e. The summed E-state index contributed by atoms with van der Waals surface area (Å²) in [5, 5.41) is 11.5. The first-order valence-electron chi connectivity index (χ1n) is 9.46. The zero-order chi connectivity index (χ0) is 22.2. The molecule has 10 heteroatoms. The Bertz CT molecular complexity index is 1100. The number of alkyl halides is 3. The van der Waals surface area contributed by atoms with E-state index in [1.807, 2.05) is 4.90 Å². The number of carbonyl (C=O) groups excluding carboxylic acids is 1. The monoisotopic (exact) mass is 431 g/mol. The molecule has 7 nitrogen and oxygen atoms in total. The number of anilines is 1. The molecule has 2 aliphatic heterocycles. The minimum Gasteiger partial charge on any atom is -0.402 e. The molecule has 0 amide bonds. The number of benzene rings is 2. The van der Waals surface area contributed by atoms with Crippen molar-refractivity contribution in [3.63, 3.8) is 0 Å². The lowest BCUT2D eigenvalue weighted by Gasteiger charge is -2.17. The average molecular weight is 431 g/mol. The molecule has 0 aliphatic carbocycles. The minimum absolute atomic E-state index is 0.0745. The van der Waals surface area contributed by atoms with Gasteiger partial charge >= 0.3 is 12.1 Å². The van der Waals surface area contributed by atoms with Crippen LogP contribution < -0.4 is 4.90 Å². The second-order valence-electron chi connectivity index (χ2n) is 7.11. The van der Waals surface area contributed by atoms with Crippen molar-refractivity contribution in [2.45, 2.75) is 19.0 Å². The lowest BCUT2D eigenvalue weighted by Crippen LogP contribution is -2.18. The van der Waals surface area contributed by atoms with Crippen molar-refractivity contribution in [1.82, 2.24) is 0 Å². The summed E-state index contributed by atoms with van der Waals surface area (Å²) in [5.74, 6) is -0.922. The molecule has 0 N–H and O–H groups in total.